The molecule has 0 aliphatic carbocycles. The third-order valence-electron chi connectivity index (χ3n) is 2.52. The minimum absolute atomic E-state index is 0.545. The van der Waals surface area contributed by atoms with Gasteiger partial charge in [0.1, 0.15) is 0 Å². The lowest BCUT2D eigenvalue weighted by Gasteiger charge is -2.12. The molecule has 0 radical (unpaired) electrons. The number of hydrogen-bond donors (Lipinski definition) is 2. The number of thiocarbonyl (C=S) groups is 1. The van der Waals surface area contributed by atoms with Gasteiger partial charge in [0.15, 0.2) is 5.11 Å². The Bertz CT molecular complexity index is 616. The van der Waals surface area contributed by atoms with Crippen LogP contribution in [0.15, 0.2) is 46.9 Å². The minimum Gasteiger partial charge on any atom is -0.332 e. The van der Waals surface area contributed by atoms with Gasteiger partial charge in [0.05, 0.1) is 0 Å². The number of benzene rings is 2. The molecule has 98 valence electrons. The number of nitrogens with one attached hydrogen (secondary N) is 2. The highest BCUT2D eigenvalue weighted by Gasteiger charge is 2.02. The van der Waals surface area contributed by atoms with Gasteiger partial charge in [-0.2, -0.15) is 0 Å². The molecule has 2 aromatic rings. The second kappa shape index (κ2) is 6.37. The van der Waals surface area contributed by atoms with Crippen LogP contribution in [-0.4, -0.2) is 5.11 Å². The summed E-state index contributed by atoms with van der Waals surface area (Å²) in [4.78, 5) is 0. The van der Waals surface area contributed by atoms with Gasteiger partial charge in [0.2, 0.25) is 0 Å². The highest BCUT2D eigenvalue weighted by Crippen LogP contribution is 2.20. The summed E-state index contributed by atoms with van der Waals surface area (Å²) in [5.41, 5.74) is 2.92. The van der Waals surface area contributed by atoms with Crippen molar-refractivity contribution < 1.29 is 0 Å². The van der Waals surface area contributed by atoms with E-state index >= 15 is 0 Å². The van der Waals surface area contributed by atoms with E-state index < -0.39 is 0 Å². The van der Waals surface area contributed by atoms with E-state index in [1.807, 2.05) is 49.4 Å². The zero-order valence-electron chi connectivity index (χ0n) is 10.2. The number of halogens is 2. The molecule has 0 fully saturated rings. The number of rotatable bonds is 2. The molecule has 0 bridgehead atoms. The molecule has 0 aromatic heterocycles. The van der Waals surface area contributed by atoms with E-state index in [4.69, 9.17) is 23.8 Å². The largest absolute Gasteiger partial charge is 0.332 e. The van der Waals surface area contributed by atoms with Crippen molar-refractivity contribution in [2.75, 3.05) is 10.6 Å². The summed E-state index contributed by atoms with van der Waals surface area (Å²) >= 11 is 14.6. The van der Waals surface area contributed by atoms with Crippen LogP contribution in [0.4, 0.5) is 11.4 Å². The van der Waals surface area contributed by atoms with Crippen molar-refractivity contribution in [1.29, 1.82) is 0 Å². The minimum atomic E-state index is 0.545. The van der Waals surface area contributed by atoms with Gasteiger partial charge in [-0.1, -0.05) is 33.6 Å². The van der Waals surface area contributed by atoms with Crippen LogP contribution in [0.25, 0.3) is 0 Å². The van der Waals surface area contributed by atoms with Gasteiger partial charge in [-0.15, -0.1) is 0 Å². The Labute approximate surface area is 131 Å². The van der Waals surface area contributed by atoms with Gasteiger partial charge in [-0.25, -0.2) is 0 Å². The monoisotopic (exact) mass is 354 g/mol. The van der Waals surface area contributed by atoms with E-state index in [1.165, 1.54) is 0 Å². The van der Waals surface area contributed by atoms with Gasteiger partial charge >= 0.3 is 0 Å². The van der Waals surface area contributed by atoms with E-state index in [0.717, 1.165) is 21.4 Å². The molecule has 2 aromatic carbocycles. The Morgan fingerprint density at radius 1 is 1.16 bits per heavy atom. The Hall–Kier alpha value is -1.10. The Kier molecular flexibility index (Phi) is 4.80. The fourth-order valence-corrected chi connectivity index (χ4v) is 2.47. The lowest BCUT2D eigenvalue weighted by Crippen LogP contribution is -2.19. The van der Waals surface area contributed by atoms with Crippen LogP contribution in [0.2, 0.25) is 5.02 Å². The molecule has 0 aliphatic heterocycles. The van der Waals surface area contributed by atoms with Gasteiger partial charge in [0.25, 0.3) is 0 Å². The average Bonchev–Trinajstić information content (AvgIpc) is 2.33. The first-order chi connectivity index (χ1) is 9.04. The van der Waals surface area contributed by atoms with Crippen LogP contribution >= 0.6 is 39.7 Å². The first-order valence-electron chi connectivity index (χ1n) is 5.64. The van der Waals surface area contributed by atoms with Crippen molar-refractivity contribution in [2.24, 2.45) is 0 Å². The van der Waals surface area contributed by atoms with Crippen LogP contribution in [0, 0.1) is 6.92 Å². The third-order valence-corrected chi connectivity index (χ3v) is 3.45. The van der Waals surface area contributed by atoms with Gasteiger partial charge in [-0.05, 0) is 61.1 Å². The summed E-state index contributed by atoms with van der Waals surface area (Å²) in [6, 6.07) is 13.5. The smallest absolute Gasteiger partial charge is 0.175 e. The molecule has 0 saturated heterocycles. The molecule has 2 nitrogen and oxygen atoms in total. The molecular formula is C14H12BrClN2S. The molecule has 0 amide bonds. The van der Waals surface area contributed by atoms with E-state index in [9.17, 15) is 0 Å². The third kappa shape index (κ3) is 4.20. The summed E-state index contributed by atoms with van der Waals surface area (Å²) in [6.45, 7) is 1.98. The first-order valence-corrected chi connectivity index (χ1v) is 7.22. The maximum Gasteiger partial charge on any atom is 0.175 e. The molecule has 19 heavy (non-hydrogen) atoms. The number of aryl methyl sites for hydroxylation is 1. The lowest BCUT2D eigenvalue weighted by atomic mass is 10.2. The van der Waals surface area contributed by atoms with Crippen LogP contribution in [-0.2, 0) is 0 Å². The number of hydrogen-bond acceptors (Lipinski definition) is 1. The van der Waals surface area contributed by atoms with Crippen LogP contribution in [0.3, 0.4) is 0 Å². The maximum absolute atomic E-state index is 5.92. The highest BCUT2D eigenvalue weighted by molar-refractivity contribution is 9.10. The van der Waals surface area contributed by atoms with Crippen molar-refractivity contribution in [3.05, 3.63) is 57.5 Å². The van der Waals surface area contributed by atoms with Gasteiger partial charge in [0, 0.05) is 20.9 Å². The number of anilines is 2. The first kappa shape index (κ1) is 14.3. The van der Waals surface area contributed by atoms with Crippen molar-refractivity contribution in [1.82, 2.24) is 0 Å². The standard InChI is InChI=1S/C14H12BrClN2S/c1-9-7-11(16)5-6-13(9)18-14(19)17-12-4-2-3-10(15)8-12/h2-8H,1H3,(H2,17,18,19). The van der Waals surface area contributed by atoms with Crippen LogP contribution in [0.1, 0.15) is 5.56 Å². The molecule has 0 unspecified atom stereocenters. The second-order valence-corrected chi connectivity index (χ2v) is 5.81. The highest BCUT2D eigenvalue weighted by atomic mass is 79.9. The molecule has 0 spiro atoms. The van der Waals surface area contributed by atoms with E-state index in [-0.39, 0.29) is 0 Å². The molecule has 2 rings (SSSR count). The predicted octanol–water partition coefficient (Wildman–Crippen LogP) is 5.22. The predicted molar refractivity (Wildman–Crippen MR) is 90.2 cm³/mol. The van der Waals surface area contributed by atoms with Crippen LogP contribution < -0.4 is 10.6 Å². The molecule has 0 saturated carbocycles. The molecule has 0 atom stereocenters. The molecule has 5 heteroatoms. The average molecular weight is 356 g/mol. The van der Waals surface area contributed by atoms with Crippen molar-refractivity contribution in [3.8, 4) is 0 Å². The van der Waals surface area contributed by atoms with Crippen molar-refractivity contribution in [3.63, 3.8) is 0 Å². The summed E-state index contributed by atoms with van der Waals surface area (Å²) < 4.78 is 1.00. The summed E-state index contributed by atoms with van der Waals surface area (Å²) in [6.07, 6.45) is 0. The van der Waals surface area contributed by atoms with E-state index in [1.54, 1.807) is 0 Å². The summed E-state index contributed by atoms with van der Waals surface area (Å²) in [5.74, 6) is 0. The SMILES string of the molecule is Cc1cc(Cl)ccc1NC(=S)Nc1cccc(Br)c1. The zero-order chi connectivity index (χ0) is 13.8. The Morgan fingerprint density at radius 2 is 1.95 bits per heavy atom. The lowest BCUT2D eigenvalue weighted by molar-refractivity contribution is 1.45. The molecular weight excluding hydrogens is 344 g/mol. The maximum atomic E-state index is 5.92. The second-order valence-electron chi connectivity index (χ2n) is 4.05. The quantitative estimate of drug-likeness (QED) is 0.722. The summed E-state index contributed by atoms with van der Waals surface area (Å²) in [5, 5.41) is 7.54. The van der Waals surface area contributed by atoms with Crippen LogP contribution in [0.5, 0.6) is 0 Å². The van der Waals surface area contributed by atoms with Crippen molar-refractivity contribution >= 4 is 56.2 Å². The normalized spacial score (nSPS) is 10.1. The fourth-order valence-electron chi connectivity index (χ4n) is 1.62. The van der Waals surface area contributed by atoms with Crippen molar-refractivity contribution in [2.45, 2.75) is 6.92 Å². The molecule has 2 N–H and O–H groups in total. The molecule has 0 aliphatic rings. The van der Waals surface area contributed by atoms with Gasteiger partial charge in [-0.3, -0.25) is 0 Å². The van der Waals surface area contributed by atoms with E-state index in [2.05, 4.69) is 26.6 Å². The summed E-state index contributed by atoms with van der Waals surface area (Å²) in [7, 11) is 0. The molecule has 0 heterocycles. The van der Waals surface area contributed by atoms with E-state index in [0.29, 0.717) is 10.1 Å². The van der Waals surface area contributed by atoms with Gasteiger partial charge < -0.3 is 10.6 Å². The topological polar surface area (TPSA) is 24.1 Å². The Morgan fingerprint density at radius 3 is 2.63 bits per heavy atom. The zero-order valence-corrected chi connectivity index (χ0v) is 13.4. The fraction of sp³-hybridized carbons (Fsp3) is 0.0714. The Balaban J connectivity index is 2.05.